The average Bonchev–Trinajstić information content (AvgIpc) is 2.98. The summed E-state index contributed by atoms with van der Waals surface area (Å²) < 4.78 is 5.51. The number of aryl methyl sites for hydroxylation is 1. The molecule has 2 fully saturated rings. The molecule has 31 heavy (non-hydrogen) atoms. The van der Waals surface area contributed by atoms with Gasteiger partial charge in [0.25, 0.3) is 5.91 Å². The molecule has 166 valence electrons. The lowest BCUT2D eigenvalue weighted by atomic mass is 9.74. The van der Waals surface area contributed by atoms with Gasteiger partial charge >= 0.3 is 0 Å². The van der Waals surface area contributed by atoms with E-state index in [2.05, 4.69) is 39.5 Å². The maximum Gasteiger partial charge on any atom is 0.253 e. The van der Waals surface area contributed by atoms with Gasteiger partial charge in [0, 0.05) is 43.0 Å². The number of rotatable bonds is 5. The third-order valence-electron chi connectivity index (χ3n) is 7.02. The fraction of sp³-hybridized carbons (Fsp3) is 0.520. The van der Waals surface area contributed by atoms with Gasteiger partial charge in [0.2, 0.25) is 0 Å². The van der Waals surface area contributed by atoms with Crippen LogP contribution in [0.3, 0.4) is 0 Å². The maximum absolute atomic E-state index is 12.9. The van der Waals surface area contributed by atoms with Crippen LogP contribution >= 0.6 is 0 Å². The largest absolute Gasteiger partial charge is 0.391 e. The van der Waals surface area contributed by atoms with E-state index in [1.165, 1.54) is 5.56 Å². The molecule has 2 N–H and O–H groups in total. The van der Waals surface area contributed by atoms with E-state index in [0.717, 1.165) is 57.7 Å². The molecule has 2 aliphatic rings. The lowest BCUT2D eigenvalue weighted by Gasteiger charge is -2.37. The van der Waals surface area contributed by atoms with Gasteiger partial charge in [-0.25, -0.2) is 0 Å². The number of nitrogens with one attached hydrogen (secondary N) is 1. The second-order valence-electron chi connectivity index (χ2n) is 8.83. The van der Waals surface area contributed by atoms with Crippen LogP contribution in [-0.2, 0) is 10.2 Å². The van der Waals surface area contributed by atoms with Crippen molar-refractivity contribution in [2.45, 2.75) is 50.2 Å². The first-order chi connectivity index (χ1) is 15.1. The first-order valence-corrected chi connectivity index (χ1v) is 11.3. The number of aliphatic hydroxyl groups is 1. The van der Waals surface area contributed by atoms with Crippen molar-refractivity contribution in [3.8, 4) is 0 Å². The average molecular weight is 424 g/mol. The van der Waals surface area contributed by atoms with Crippen LogP contribution in [0.15, 0.2) is 48.7 Å². The van der Waals surface area contributed by atoms with Crippen molar-refractivity contribution in [1.82, 2.24) is 15.2 Å². The van der Waals surface area contributed by atoms with E-state index in [1.54, 1.807) is 12.3 Å². The summed E-state index contributed by atoms with van der Waals surface area (Å²) in [5.41, 5.74) is 2.38. The monoisotopic (exact) mass is 423 g/mol. The Balaban J connectivity index is 1.54. The van der Waals surface area contributed by atoms with Crippen LogP contribution in [0.5, 0.6) is 0 Å². The molecular formula is C25H33N3O3. The van der Waals surface area contributed by atoms with Crippen molar-refractivity contribution >= 4 is 5.91 Å². The van der Waals surface area contributed by atoms with Gasteiger partial charge in [-0.15, -0.1) is 0 Å². The summed E-state index contributed by atoms with van der Waals surface area (Å²) >= 11 is 0. The molecule has 1 aliphatic carbocycles. The molecule has 0 radical (unpaired) electrons. The van der Waals surface area contributed by atoms with Gasteiger partial charge in [-0.3, -0.25) is 14.7 Å². The number of aromatic nitrogens is 1. The van der Waals surface area contributed by atoms with E-state index in [0.29, 0.717) is 12.1 Å². The first kappa shape index (κ1) is 21.9. The van der Waals surface area contributed by atoms with E-state index < -0.39 is 0 Å². The minimum absolute atomic E-state index is 0.0876. The molecule has 1 amide bonds. The van der Waals surface area contributed by atoms with Crippen molar-refractivity contribution in [2.24, 2.45) is 0 Å². The molecule has 6 nitrogen and oxygen atoms in total. The van der Waals surface area contributed by atoms with Gasteiger partial charge in [-0.1, -0.05) is 30.3 Å². The molecule has 1 saturated heterocycles. The van der Waals surface area contributed by atoms with Crippen molar-refractivity contribution in [1.29, 1.82) is 0 Å². The molecule has 6 heteroatoms. The second kappa shape index (κ2) is 9.90. The number of aliphatic hydroxyl groups excluding tert-OH is 1. The Morgan fingerprint density at radius 3 is 2.65 bits per heavy atom. The van der Waals surface area contributed by atoms with Crippen LogP contribution in [0.4, 0.5) is 0 Å². The SMILES string of the molecule is Cc1ncccc1C(=O)NC[C@]1(c2ccccc2)CC[C@@H](O)[C@H](N2CCOCC2)CC1. The molecule has 2 aromatic rings. The summed E-state index contributed by atoms with van der Waals surface area (Å²) in [6, 6.07) is 14.2. The van der Waals surface area contributed by atoms with Crippen molar-refractivity contribution < 1.29 is 14.6 Å². The minimum atomic E-state index is -0.361. The normalized spacial score (nSPS) is 27.4. The number of hydrogen-bond donors (Lipinski definition) is 2. The highest BCUT2D eigenvalue weighted by Gasteiger charge is 2.40. The smallest absolute Gasteiger partial charge is 0.253 e. The summed E-state index contributed by atoms with van der Waals surface area (Å²) in [6.07, 6.45) is 4.72. The van der Waals surface area contributed by atoms with Crippen LogP contribution < -0.4 is 5.32 Å². The molecule has 0 bridgehead atoms. The third kappa shape index (κ3) is 4.97. The zero-order valence-corrected chi connectivity index (χ0v) is 18.3. The highest BCUT2D eigenvalue weighted by Crippen LogP contribution is 2.39. The Hall–Kier alpha value is -2.28. The van der Waals surface area contributed by atoms with Gasteiger partial charge in [0.15, 0.2) is 0 Å². The van der Waals surface area contributed by atoms with Crippen LogP contribution in [0.2, 0.25) is 0 Å². The van der Waals surface area contributed by atoms with Crippen LogP contribution in [0.1, 0.15) is 47.3 Å². The van der Waals surface area contributed by atoms with Crippen LogP contribution in [0, 0.1) is 6.92 Å². The van der Waals surface area contributed by atoms with E-state index in [4.69, 9.17) is 4.74 Å². The topological polar surface area (TPSA) is 74.7 Å². The predicted octanol–water partition coefficient (Wildman–Crippen LogP) is 2.69. The van der Waals surface area contributed by atoms with Gasteiger partial charge in [0.1, 0.15) is 0 Å². The number of ether oxygens (including phenoxy) is 1. The molecular weight excluding hydrogens is 390 g/mol. The van der Waals surface area contributed by atoms with E-state index in [9.17, 15) is 9.90 Å². The number of carbonyl (C=O) groups excluding carboxylic acids is 1. The van der Waals surface area contributed by atoms with Crippen LogP contribution in [-0.4, -0.2) is 65.9 Å². The highest BCUT2D eigenvalue weighted by atomic mass is 16.5. The molecule has 3 atom stereocenters. The zero-order valence-electron chi connectivity index (χ0n) is 18.3. The number of pyridine rings is 1. The van der Waals surface area contributed by atoms with Gasteiger partial charge in [0.05, 0.1) is 24.9 Å². The Bertz CT molecular complexity index is 869. The number of hydrogen-bond acceptors (Lipinski definition) is 5. The number of benzene rings is 1. The fourth-order valence-corrected chi connectivity index (χ4v) is 5.12. The molecule has 1 aliphatic heterocycles. The van der Waals surface area contributed by atoms with Gasteiger partial charge in [-0.2, -0.15) is 0 Å². The number of nitrogens with zero attached hydrogens (tertiary/aromatic N) is 2. The van der Waals surface area contributed by atoms with Crippen molar-refractivity contribution in [3.63, 3.8) is 0 Å². The molecule has 2 heterocycles. The lowest BCUT2D eigenvalue weighted by Crippen LogP contribution is -2.48. The Labute approximate surface area is 184 Å². The standard InChI is InChI=1S/C25H33N3O3/c1-19-21(8-5-13-26-19)24(30)27-18-25(20-6-3-2-4-7-20)11-9-22(23(29)10-12-25)28-14-16-31-17-15-28/h2-8,13,22-23,29H,9-12,14-18H2,1H3,(H,27,30)/t22-,23-,25-/m1/s1. The van der Waals surface area contributed by atoms with E-state index in [1.807, 2.05) is 19.1 Å². The van der Waals surface area contributed by atoms with Gasteiger partial charge in [-0.05, 0) is 50.3 Å². The molecule has 1 saturated carbocycles. The molecule has 4 rings (SSSR count). The lowest BCUT2D eigenvalue weighted by molar-refractivity contribution is -0.0236. The third-order valence-corrected chi connectivity index (χ3v) is 7.02. The summed E-state index contributed by atoms with van der Waals surface area (Å²) in [5, 5.41) is 14.2. The number of carbonyl (C=O) groups is 1. The summed E-state index contributed by atoms with van der Waals surface area (Å²) in [6.45, 7) is 5.61. The predicted molar refractivity (Wildman–Crippen MR) is 120 cm³/mol. The second-order valence-corrected chi connectivity index (χ2v) is 8.83. The van der Waals surface area contributed by atoms with E-state index >= 15 is 0 Å². The van der Waals surface area contributed by atoms with Crippen molar-refractivity contribution in [2.75, 3.05) is 32.8 Å². The zero-order chi connectivity index (χ0) is 21.7. The Kier molecular flexibility index (Phi) is 7.00. The summed E-state index contributed by atoms with van der Waals surface area (Å²) in [5.74, 6) is -0.0876. The molecule has 1 aromatic carbocycles. The summed E-state index contributed by atoms with van der Waals surface area (Å²) in [4.78, 5) is 19.6. The first-order valence-electron chi connectivity index (χ1n) is 11.3. The fourth-order valence-electron chi connectivity index (χ4n) is 5.12. The Morgan fingerprint density at radius 2 is 1.90 bits per heavy atom. The van der Waals surface area contributed by atoms with E-state index in [-0.39, 0.29) is 23.5 Å². The Morgan fingerprint density at radius 1 is 1.16 bits per heavy atom. The van der Waals surface area contributed by atoms with Crippen LogP contribution in [0.25, 0.3) is 0 Å². The van der Waals surface area contributed by atoms with Crippen molar-refractivity contribution in [3.05, 3.63) is 65.5 Å². The summed E-state index contributed by atoms with van der Waals surface area (Å²) in [7, 11) is 0. The molecule has 0 spiro atoms. The number of amides is 1. The molecule has 1 aromatic heterocycles. The quantitative estimate of drug-likeness (QED) is 0.724. The van der Waals surface area contributed by atoms with Gasteiger partial charge < -0.3 is 15.2 Å². The number of morpholine rings is 1. The minimum Gasteiger partial charge on any atom is -0.391 e. The highest BCUT2D eigenvalue weighted by molar-refractivity contribution is 5.95. The maximum atomic E-state index is 12.9. The molecule has 0 unspecified atom stereocenters.